The van der Waals surface area contributed by atoms with Gasteiger partial charge in [0.25, 0.3) is 5.91 Å². The molecule has 1 fully saturated rings. The summed E-state index contributed by atoms with van der Waals surface area (Å²) in [5.74, 6) is -0.376. The standard InChI is InChI=1S/C17H22N4O4/c1-17(2,3)25-16(23)21-6-7-24-11-13(21)10-20-15(22)14-5-4-12(8-18)9-19-14/h4-5,9,13H,6-7,10-11H2,1-3H3,(H,20,22)/t13-/m0/s1. The minimum atomic E-state index is -0.588. The Balaban J connectivity index is 1.95. The summed E-state index contributed by atoms with van der Waals surface area (Å²) >= 11 is 0. The number of nitriles is 1. The van der Waals surface area contributed by atoms with E-state index < -0.39 is 11.7 Å². The summed E-state index contributed by atoms with van der Waals surface area (Å²) in [6, 6.07) is 4.64. The van der Waals surface area contributed by atoms with E-state index in [1.54, 1.807) is 25.7 Å². The van der Waals surface area contributed by atoms with E-state index in [9.17, 15) is 9.59 Å². The number of aromatic nitrogens is 1. The number of amides is 2. The maximum Gasteiger partial charge on any atom is 0.410 e. The highest BCUT2D eigenvalue weighted by Gasteiger charge is 2.31. The molecule has 8 nitrogen and oxygen atoms in total. The van der Waals surface area contributed by atoms with Gasteiger partial charge < -0.3 is 14.8 Å². The van der Waals surface area contributed by atoms with Crippen molar-refractivity contribution in [2.45, 2.75) is 32.4 Å². The molecule has 2 rings (SSSR count). The quantitative estimate of drug-likeness (QED) is 0.885. The fourth-order valence-electron chi connectivity index (χ4n) is 2.28. The first-order chi connectivity index (χ1) is 11.8. The fourth-order valence-corrected chi connectivity index (χ4v) is 2.28. The average molecular weight is 346 g/mol. The Morgan fingerprint density at radius 3 is 2.84 bits per heavy atom. The van der Waals surface area contributed by atoms with Crippen LogP contribution in [0.1, 0.15) is 36.8 Å². The summed E-state index contributed by atoms with van der Waals surface area (Å²) in [6.07, 6.45) is 0.914. The van der Waals surface area contributed by atoms with E-state index in [0.29, 0.717) is 25.3 Å². The molecule has 1 aliphatic rings. The number of carbonyl (C=O) groups is 2. The van der Waals surface area contributed by atoms with Crippen LogP contribution in [0.4, 0.5) is 4.79 Å². The molecular formula is C17H22N4O4. The summed E-state index contributed by atoms with van der Waals surface area (Å²) in [7, 11) is 0. The van der Waals surface area contributed by atoms with Gasteiger partial charge in [-0.25, -0.2) is 9.78 Å². The van der Waals surface area contributed by atoms with E-state index in [1.165, 1.54) is 18.3 Å². The lowest BCUT2D eigenvalue weighted by molar-refractivity contribution is -0.0314. The van der Waals surface area contributed by atoms with Crippen LogP contribution in [0.2, 0.25) is 0 Å². The zero-order chi connectivity index (χ0) is 18.4. The van der Waals surface area contributed by atoms with Gasteiger partial charge in [-0.2, -0.15) is 5.26 Å². The van der Waals surface area contributed by atoms with Gasteiger partial charge in [0.05, 0.1) is 24.8 Å². The van der Waals surface area contributed by atoms with E-state index in [1.807, 2.05) is 6.07 Å². The topological polar surface area (TPSA) is 105 Å². The molecule has 1 atom stereocenters. The van der Waals surface area contributed by atoms with Gasteiger partial charge in [0.1, 0.15) is 17.4 Å². The normalized spacial score (nSPS) is 17.5. The molecule has 1 N–H and O–H groups in total. The Kier molecular flexibility index (Phi) is 5.93. The minimum absolute atomic E-state index is 0.208. The molecule has 1 saturated heterocycles. The molecule has 8 heteroatoms. The van der Waals surface area contributed by atoms with Crippen LogP contribution in [0.25, 0.3) is 0 Å². The molecular weight excluding hydrogens is 324 g/mol. The molecule has 134 valence electrons. The predicted molar refractivity (Wildman–Crippen MR) is 88.8 cm³/mol. The second-order valence-corrected chi connectivity index (χ2v) is 6.66. The molecule has 1 aliphatic heterocycles. The molecule has 0 aliphatic carbocycles. The Bertz CT molecular complexity index is 661. The number of nitrogens with one attached hydrogen (secondary N) is 1. The van der Waals surface area contributed by atoms with Crippen molar-refractivity contribution in [1.82, 2.24) is 15.2 Å². The summed E-state index contributed by atoms with van der Waals surface area (Å²) in [4.78, 5) is 30.0. The van der Waals surface area contributed by atoms with Gasteiger partial charge in [-0.3, -0.25) is 9.69 Å². The third-order valence-corrected chi connectivity index (χ3v) is 3.48. The second-order valence-electron chi connectivity index (χ2n) is 6.66. The molecule has 0 aromatic carbocycles. The number of morpholine rings is 1. The van der Waals surface area contributed by atoms with Crippen molar-refractivity contribution >= 4 is 12.0 Å². The third-order valence-electron chi connectivity index (χ3n) is 3.48. The molecule has 0 radical (unpaired) electrons. The highest BCUT2D eigenvalue weighted by Crippen LogP contribution is 2.14. The minimum Gasteiger partial charge on any atom is -0.444 e. The van der Waals surface area contributed by atoms with Crippen LogP contribution in [0, 0.1) is 11.3 Å². The average Bonchev–Trinajstić information content (AvgIpc) is 2.58. The van der Waals surface area contributed by atoms with Gasteiger partial charge >= 0.3 is 6.09 Å². The number of ether oxygens (including phenoxy) is 2. The van der Waals surface area contributed by atoms with E-state index in [2.05, 4.69) is 10.3 Å². The van der Waals surface area contributed by atoms with Crippen LogP contribution < -0.4 is 5.32 Å². The van der Waals surface area contributed by atoms with Gasteiger partial charge in [0.15, 0.2) is 0 Å². The van der Waals surface area contributed by atoms with Gasteiger partial charge in [-0.1, -0.05) is 0 Å². The molecule has 0 bridgehead atoms. The van der Waals surface area contributed by atoms with Crippen LogP contribution in [-0.2, 0) is 9.47 Å². The first-order valence-corrected chi connectivity index (χ1v) is 8.02. The lowest BCUT2D eigenvalue weighted by atomic mass is 10.2. The highest BCUT2D eigenvalue weighted by atomic mass is 16.6. The Hall–Kier alpha value is -2.66. The molecule has 1 aromatic rings. The van der Waals surface area contributed by atoms with Crippen LogP contribution in [0.3, 0.4) is 0 Å². The van der Waals surface area contributed by atoms with Crippen LogP contribution in [0.15, 0.2) is 18.3 Å². The first-order valence-electron chi connectivity index (χ1n) is 8.02. The number of carbonyl (C=O) groups excluding carboxylic acids is 2. The first kappa shape index (κ1) is 18.7. The fraction of sp³-hybridized carbons (Fsp3) is 0.529. The molecule has 2 amide bonds. The number of pyridine rings is 1. The zero-order valence-electron chi connectivity index (χ0n) is 14.6. The van der Waals surface area contributed by atoms with Gasteiger partial charge in [0, 0.05) is 19.3 Å². The zero-order valence-corrected chi connectivity index (χ0v) is 14.6. The van der Waals surface area contributed by atoms with Crippen molar-refractivity contribution in [2.75, 3.05) is 26.3 Å². The summed E-state index contributed by atoms with van der Waals surface area (Å²) < 4.78 is 10.8. The third kappa shape index (κ3) is 5.43. The number of rotatable bonds is 3. The van der Waals surface area contributed by atoms with E-state index in [4.69, 9.17) is 14.7 Å². The van der Waals surface area contributed by atoms with Crippen LogP contribution in [0.5, 0.6) is 0 Å². The Morgan fingerprint density at radius 1 is 1.48 bits per heavy atom. The van der Waals surface area contributed by atoms with Gasteiger partial charge in [0.2, 0.25) is 0 Å². The van der Waals surface area contributed by atoms with Crippen molar-refractivity contribution in [3.8, 4) is 6.07 Å². The van der Waals surface area contributed by atoms with E-state index >= 15 is 0 Å². The summed E-state index contributed by atoms with van der Waals surface area (Å²) in [6.45, 7) is 6.79. The number of hydrogen-bond donors (Lipinski definition) is 1. The summed E-state index contributed by atoms with van der Waals surface area (Å²) in [5, 5.41) is 11.5. The molecule has 25 heavy (non-hydrogen) atoms. The van der Waals surface area contributed by atoms with Crippen molar-refractivity contribution in [3.63, 3.8) is 0 Å². The maximum atomic E-state index is 12.3. The van der Waals surface area contributed by atoms with E-state index in [0.717, 1.165) is 0 Å². The van der Waals surface area contributed by atoms with Crippen molar-refractivity contribution in [1.29, 1.82) is 5.26 Å². The SMILES string of the molecule is CC(C)(C)OC(=O)N1CCOC[C@@H]1CNC(=O)c1ccc(C#N)cn1. The van der Waals surface area contributed by atoms with Gasteiger partial charge in [-0.05, 0) is 32.9 Å². The number of nitrogens with zero attached hydrogens (tertiary/aromatic N) is 3. The lowest BCUT2D eigenvalue weighted by Crippen LogP contribution is -2.54. The molecule has 0 spiro atoms. The predicted octanol–water partition coefficient (Wildman–Crippen LogP) is 1.32. The molecule has 0 saturated carbocycles. The van der Waals surface area contributed by atoms with Crippen molar-refractivity contribution in [3.05, 3.63) is 29.6 Å². The smallest absolute Gasteiger partial charge is 0.410 e. The molecule has 2 heterocycles. The maximum absolute atomic E-state index is 12.3. The van der Waals surface area contributed by atoms with Crippen LogP contribution >= 0.6 is 0 Å². The molecule has 1 aromatic heterocycles. The van der Waals surface area contributed by atoms with Crippen molar-refractivity contribution in [2.24, 2.45) is 0 Å². The van der Waals surface area contributed by atoms with Gasteiger partial charge in [-0.15, -0.1) is 0 Å². The largest absolute Gasteiger partial charge is 0.444 e. The Labute approximate surface area is 146 Å². The monoisotopic (exact) mass is 346 g/mol. The molecule has 0 unspecified atom stereocenters. The number of hydrogen-bond acceptors (Lipinski definition) is 6. The van der Waals surface area contributed by atoms with E-state index in [-0.39, 0.29) is 24.2 Å². The highest BCUT2D eigenvalue weighted by molar-refractivity contribution is 5.92. The summed E-state index contributed by atoms with van der Waals surface area (Å²) in [5.41, 5.74) is 0.00292. The second kappa shape index (κ2) is 7.94. The lowest BCUT2D eigenvalue weighted by Gasteiger charge is -2.36. The van der Waals surface area contributed by atoms with Crippen LogP contribution in [-0.4, -0.2) is 59.8 Å². The van der Waals surface area contributed by atoms with Crippen molar-refractivity contribution < 1.29 is 19.1 Å². The Morgan fingerprint density at radius 2 is 2.24 bits per heavy atom.